The summed E-state index contributed by atoms with van der Waals surface area (Å²) in [4.78, 5) is 4.31. The molecule has 2 N–H and O–H groups in total. The van der Waals surface area contributed by atoms with Gasteiger partial charge in [-0.1, -0.05) is 36.4 Å². The third-order valence-corrected chi connectivity index (χ3v) is 4.99. The number of pyridine rings is 1. The molecule has 0 spiro atoms. The third kappa shape index (κ3) is 4.00. The van der Waals surface area contributed by atoms with Crippen LogP contribution in [0.15, 0.2) is 60.9 Å². The summed E-state index contributed by atoms with van der Waals surface area (Å²) < 4.78 is 5.54. The summed E-state index contributed by atoms with van der Waals surface area (Å²) in [6.07, 6.45) is 5.94. The number of H-pyrrole nitrogens is 1. The van der Waals surface area contributed by atoms with Crippen molar-refractivity contribution in [2.24, 2.45) is 5.92 Å². The topological polar surface area (TPSA) is 62.8 Å². The van der Waals surface area contributed by atoms with Crippen LogP contribution in [0.25, 0.3) is 11.3 Å². The lowest BCUT2D eigenvalue weighted by Crippen LogP contribution is -2.32. The molecular formula is C21H24N4O. The van der Waals surface area contributed by atoms with Crippen molar-refractivity contribution < 1.29 is 4.74 Å². The Morgan fingerprint density at radius 2 is 1.96 bits per heavy atom. The molecule has 134 valence electrons. The Morgan fingerprint density at radius 1 is 1.12 bits per heavy atom. The second-order valence-corrected chi connectivity index (χ2v) is 6.74. The van der Waals surface area contributed by atoms with Gasteiger partial charge >= 0.3 is 0 Å². The van der Waals surface area contributed by atoms with Gasteiger partial charge in [-0.25, -0.2) is 0 Å². The van der Waals surface area contributed by atoms with Gasteiger partial charge in [-0.15, -0.1) is 0 Å². The Balaban J connectivity index is 1.47. The fourth-order valence-electron chi connectivity index (χ4n) is 3.59. The van der Waals surface area contributed by atoms with E-state index in [4.69, 9.17) is 4.74 Å². The maximum absolute atomic E-state index is 5.54. The zero-order chi connectivity index (χ0) is 17.6. The monoisotopic (exact) mass is 348 g/mol. The summed E-state index contributed by atoms with van der Waals surface area (Å²) in [7, 11) is 0. The highest BCUT2D eigenvalue weighted by atomic mass is 16.5. The van der Waals surface area contributed by atoms with Gasteiger partial charge in [-0.2, -0.15) is 5.10 Å². The minimum atomic E-state index is 0.274. The van der Waals surface area contributed by atoms with Crippen LogP contribution in [0.4, 0.5) is 0 Å². The molecule has 0 amide bonds. The zero-order valence-corrected chi connectivity index (χ0v) is 14.8. The average molecular weight is 348 g/mol. The molecule has 1 aromatic carbocycles. The van der Waals surface area contributed by atoms with Gasteiger partial charge in [0.25, 0.3) is 0 Å². The van der Waals surface area contributed by atoms with Gasteiger partial charge in [0.05, 0.1) is 5.69 Å². The van der Waals surface area contributed by atoms with Crippen molar-refractivity contribution in [1.82, 2.24) is 20.5 Å². The van der Waals surface area contributed by atoms with Crippen LogP contribution in [0.3, 0.4) is 0 Å². The van der Waals surface area contributed by atoms with Gasteiger partial charge in [0.2, 0.25) is 0 Å². The molecule has 0 radical (unpaired) electrons. The van der Waals surface area contributed by atoms with Crippen molar-refractivity contribution in [1.29, 1.82) is 0 Å². The highest BCUT2D eigenvalue weighted by Gasteiger charge is 2.25. The molecule has 5 nitrogen and oxygen atoms in total. The Labute approximate surface area is 153 Å². The van der Waals surface area contributed by atoms with Gasteiger partial charge in [0.1, 0.15) is 0 Å². The molecular weight excluding hydrogens is 324 g/mol. The summed E-state index contributed by atoms with van der Waals surface area (Å²) in [5.41, 5.74) is 4.43. The lowest BCUT2D eigenvalue weighted by atomic mass is 9.87. The van der Waals surface area contributed by atoms with Gasteiger partial charge in [0, 0.05) is 49.5 Å². The van der Waals surface area contributed by atoms with E-state index < -0.39 is 0 Å². The maximum atomic E-state index is 5.54. The highest BCUT2D eigenvalue weighted by Crippen LogP contribution is 2.30. The number of hydrogen-bond donors (Lipinski definition) is 2. The average Bonchev–Trinajstić information content (AvgIpc) is 3.20. The molecule has 4 rings (SSSR count). The Morgan fingerprint density at radius 3 is 2.73 bits per heavy atom. The van der Waals surface area contributed by atoms with Gasteiger partial charge in [-0.3, -0.25) is 10.1 Å². The molecule has 1 aliphatic rings. The quantitative estimate of drug-likeness (QED) is 0.712. The highest BCUT2D eigenvalue weighted by molar-refractivity contribution is 5.58. The smallest absolute Gasteiger partial charge is 0.0924 e. The molecule has 1 unspecified atom stereocenters. The summed E-state index contributed by atoms with van der Waals surface area (Å²) in [6, 6.07) is 16.8. The first-order valence-corrected chi connectivity index (χ1v) is 9.21. The van der Waals surface area contributed by atoms with Crippen molar-refractivity contribution in [2.75, 3.05) is 13.2 Å². The van der Waals surface area contributed by atoms with E-state index in [1.54, 1.807) is 0 Å². The second kappa shape index (κ2) is 8.25. The summed E-state index contributed by atoms with van der Waals surface area (Å²) in [5, 5.41) is 11.3. The van der Waals surface area contributed by atoms with Gasteiger partial charge in [-0.05, 0) is 36.5 Å². The van der Waals surface area contributed by atoms with E-state index in [2.05, 4.69) is 44.8 Å². The van der Waals surface area contributed by atoms with E-state index in [9.17, 15) is 0 Å². The number of aromatic amines is 1. The molecule has 0 aliphatic carbocycles. The van der Waals surface area contributed by atoms with Crippen LogP contribution in [-0.4, -0.2) is 28.4 Å². The minimum absolute atomic E-state index is 0.274. The Hall–Kier alpha value is -2.50. The predicted octanol–water partition coefficient (Wildman–Crippen LogP) is 3.73. The van der Waals surface area contributed by atoms with Gasteiger partial charge < -0.3 is 10.1 Å². The fourth-order valence-corrected chi connectivity index (χ4v) is 3.59. The predicted molar refractivity (Wildman–Crippen MR) is 101 cm³/mol. The first-order chi connectivity index (χ1) is 12.9. The molecule has 3 heterocycles. The number of nitrogens with zero attached hydrogens (tertiary/aromatic N) is 2. The lowest BCUT2D eigenvalue weighted by molar-refractivity contribution is 0.0532. The molecule has 26 heavy (non-hydrogen) atoms. The van der Waals surface area contributed by atoms with E-state index in [1.165, 1.54) is 5.56 Å². The second-order valence-electron chi connectivity index (χ2n) is 6.74. The van der Waals surface area contributed by atoms with Crippen molar-refractivity contribution in [3.63, 3.8) is 0 Å². The van der Waals surface area contributed by atoms with Crippen LogP contribution in [0.1, 0.15) is 30.1 Å². The molecule has 1 saturated heterocycles. The van der Waals surface area contributed by atoms with E-state index in [0.29, 0.717) is 5.92 Å². The summed E-state index contributed by atoms with van der Waals surface area (Å²) in [6.45, 7) is 2.42. The van der Waals surface area contributed by atoms with Crippen LogP contribution in [0.2, 0.25) is 0 Å². The first kappa shape index (κ1) is 16.9. The van der Waals surface area contributed by atoms with Crippen molar-refractivity contribution >= 4 is 0 Å². The lowest BCUT2D eigenvalue weighted by Gasteiger charge is -2.31. The molecule has 1 atom stereocenters. The van der Waals surface area contributed by atoms with Gasteiger partial charge in [0.15, 0.2) is 0 Å². The minimum Gasteiger partial charge on any atom is -0.381 e. The molecule has 0 bridgehead atoms. The number of aromatic nitrogens is 3. The van der Waals surface area contributed by atoms with E-state index in [-0.39, 0.29) is 6.04 Å². The van der Waals surface area contributed by atoms with Crippen LogP contribution >= 0.6 is 0 Å². The standard InChI is InChI=1S/C21H24N4O/c1-2-5-16(6-3-1)20-13-19(24-25-20)15-23-21(17-8-11-26-12-9-17)18-7-4-10-22-14-18/h1-7,10,13-14,17,21,23H,8-9,11-12,15H2,(H,24,25). The molecule has 3 aromatic rings. The van der Waals surface area contributed by atoms with Crippen molar-refractivity contribution in [2.45, 2.75) is 25.4 Å². The summed E-state index contributed by atoms with van der Waals surface area (Å²) in [5.74, 6) is 0.560. The molecule has 5 heteroatoms. The Kier molecular flexibility index (Phi) is 5.38. The molecule has 1 aliphatic heterocycles. The normalized spacial score (nSPS) is 16.5. The maximum Gasteiger partial charge on any atom is 0.0924 e. The van der Waals surface area contributed by atoms with Crippen LogP contribution < -0.4 is 5.32 Å². The van der Waals surface area contributed by atoms with E-state index in [1.807, 2.05) is 36.7 Å². The molecule has 0 saturated carbocycles. The number of ether oxygens (including phenoxy) is 1. The SMILES string of the molecule is c1ccc(-c2cc(CNC(c3cccnc3)C3CCOCC3)[nH]n2)cc1. The van der Waals surface area contributed by atoms with Crippen molar-refractivity contribution in [3.8, 4) is 11.3 Å². The Bertz CT molecular complexity index is 797. The first-order valence-electron chi connectivity index (χ1n) is 9.21. The van der Waals surface area contributed by atoms with Crippen LogP contribution in [-0.2, 0) is 11.3 Å². The number of benzene rings is 1. The number of nitrogens with one attached hydrogen (secondary N) is 2. The fraction of sp³-hybridized carbons (Fsp3) is 0.333. The third-order valence-electron chi connectivity index (χ3n) is 4.99. The van der Waals surface area contributed by atoms with E-state index >= 15 is 0 Å². The molecule has 1 fully saturated rings. The molecule has 2 aromatic heterocycles. The van der Waals surface area contributed by atoms with Crippen LogP contribution in [0.5, 0.6) is 0 Å². The largest absolute Gasteiger partial charge is 0.381 e. The number of rotatable bonds is 6. The zero-order valence-electron chi connectivity index (χ0n) is 14.8. The van der Waals surface area contributed by atoms with E-state index in [0.717, 1.165) is 49.6 Å². The number of hydrogen-bond acceptors (Lipinski definition) is 4. The van der Waals surface area contributed by atoms with Crippen LogP contribution in [0, 0.1) is 5.92 Å². The summed E-state index contributed by atoms with van der Waals surface area (Å²) >= 11 is 0. The van der Waals surface area contributed by atoms with Crippen molar-refractivity contribution in [3.05, 3.63) is 72.2 Å².